The molecule has 3 heterocycles. The molecule has 0 amide bonds. The van der Waals surface area contributed by atoms with Crippen molar-refractivity contribution in [2.45, 2.75) is 0 Å². The zero-order chi connectivity index (χ0) is 33.0. The van der Waals surface area contributed by atoms with E-state index < -0.39 is 0 Å². The summed E-state index contributed by atoms with van der Waals surface area (Å²) in [6.07, 6.45) is 0. The molecule has 3 aromatic heterocycles. The van der Waals surface area contributed by atoms with Gasteiger partial charge in [-0.05, 0) is 46.7 Å². The van der Waals surface area contributed by atoms with Crippen LogP contribution in [0.2, 0.25) is 0 Å². The lowest BCUT2D eigenvalue weighted by Gasteiger charge is -2.14. The molecule has 5 nitrogen and oxygen atoms in total. The number of nitrogens with zero attached hydrogens (tertiary/aromatic N) is 4. The molecular formula is C44H26N4OS. The van der Waals surface area contributed by atoms with Gasteiger partial charge in [0.1, 0.15) is 5.52 Å². The molecule has 234 valence electrons. The molecule has 0 radical (unpaired) electrons. The number of hydrogen-bond donors (Lipinski definition) is 0. The first kappa shape index (κ1) is 28.5. The summed E-state index contributed by atoms with van der Waals surface area (Å²) >= 11 is 1.77. The normalized spacial score (nSPS) is 11.6. The first-order valence-electron chi connectivity index (χ1n) is 16.5. The summed E-state index contributed by atoms with van der Waals surface area (Å²) < 4.78 is 8.91. The van der Waals surface area contributed by atoms with Gasteiger partial charge in [0, 0.05) is 54.1 Å². The molecule has 10 aromatic rings. The van der Waals surface area contributed by atoms with E-state index in [1.165, 1.54) is 15.5 Å². The van der Waals surface area contributed by atoms with Crippen LogP contribution in [-0.2, 0) is 0 Å². The van der Waals surface area contributed by atoms with Crippen molar-refractivity contribution >= 4 is 53.4 Å². The zero-order valence-corrected chi connectivity index (χ0v) is 27.4. The van der Waals surface area contributed by atoms with Crippen molar-refractivity contribution in [3.05, 3.63) is 158 Å². The van der Waals surface area contributed by atoms with Crippen LogP contribution < -0.4 is 0 Å². The smallest absolute Gasteiger partial charge is 0.227 e. The molecule has 0 fully saturated rings. The molecule has 0 N–H and O–H groups in total. The van der Waals surface area contributed by atoms with Crippen LogP contribution in [0.4, 0.5) is 0 Å². The predicted octanol–water partition coefficient (Wildman–Crippen LogP) is 11.9. The molecule has 0 saturated heterocycles. The molecule has 0 bridgehead atoms. The lowest BCUT2D eigenvalue weighted by molar-refractivity contribution is 0.620. The van der Waals surface area contributed by atoms with Crippen LogP contribution in [-0.4, -0.2) is 19.9 Å². The van der Waals surface area contributed by atoms with Crippen molar-refractivity contribution in [3.63, 3.8) is 0 Å². The maximum atomic E-state index is 6.54. The number of rotatable bonds is 5. The van der Waals surface area contributed by atoms with Crippen LogP contribution in [0.15, 0.2) is 162 Å². The fourth-order valence-electron chi connectivity index (χ4n) is 6.82. The van der Waals surface area contributed by atoms with E-state index in [-0.39, 0.29) is 0 Å². The van der Waals surface area contributed by atoms with Crippen LogP contribution in [0, 0.1) is 0 Å². The number of hydrogen-bond acceptors (Lipinski definition) is 6. The topological polar surface area (TPSA) is 64.7 Å². The molecule has 0 aliphatic heterocycles. The Bertz CT molecular complexity index is 2810. The van der Waals surface area contributed by atoms with Gasteiger partial charge in [-0.1, -0.05) is 121 Å². The van der Waals surface area contributed by atoms with Crippen molar-refractivity contribution in [2.75, 3.05) is 0 Å². The molecule has 0 unspecified atom stereocenters. The Morgan fingerprint density at radius 2 is 1.00 bits per heavy atom. The molecule has 0 aliphatic rings. The van der Waals surface area contributed by atoms with E-state index in [9.17, 15) is 0 Å². The molecule has 7 aromatic carbocycles. The summed E-state index contributed by atoms with van der Waals surface area (Å²) in [4.78, 5) is 20.3. The SMILES string of the molecule is c1ccc(-c2nc(-c3ccccc3)nc(-c3cc(-c4c5nc(-c6ccccc6)oc5cc5sc6ccccc6c45)c4ccccc4c3)n2)cc1. The molecule has 50 heavy (non-hydrogen) atoms. The van der Waals surface area contributed by atoms with Crippen LogP contribution >= 0.6 is 11.3 Å². The summed E-state index contributed by atoms with van der Waals surface area (Å²) in [7, 11) is 0. The minimum atomic E-state index is 0.599. The molecule has 6 heteroatoms. The standard InChI is InChI=1S/C44H26N4OS/c1-4-14-27(15-5-1)41-46-42(28-16-6-2-7-17-28)48-43(47-41)31-24-30-20-10-11-21-32(30)34(25-31)39-38-33-22-12-13-23-36(33)50-37(38)26-35-40(39)45-44(49-35)29-18-8-3-9-19-29/h1-26H. The van der Waals surface area contributed by atoms with Gasteiger partial charge in [-0.2, -0.15) is 0 Å². The third-order valence-corrected chi connectivity index (χ3v) is 10.3. The van der Waals surface area contributed by atoms with Gasteiger partial charge in [-0.15, -0.1) is 11.3 Å². The Balaban J connectivity index is 1.30. The van der Waals surface area contributed by atoms with Crippen molar-refractivity contribution in [1.82, 2.24) is 19.9 Å². The van der Waals surface area contributed by atoms with Crippen molar-refractivity contribution in [1.29, 1.82) is 0 Å². The maximum Gasteiger partial charge on any atom is 0.227 e. The lowest BCUT2D eigenvalue weighted by atomic mass is 9.91. The lowest BCUT2D eigenvalue weighted by Crippen LogP contribution is -2.00. The molecule has 10 rings (SSSR count). The number of aromatic nitrogens is 4. The Labute approximate surface area is 291 Å². The Kier molecular flexibility index (Phi) is 6.60. The van der Waals surface area contributed by atoms with Gasteiger partial charge in [0.25, 0.3) is 0 Å². The monoisotopic (exact) mass is 658 g/mol. The highest BCUT2D eigenvalue weighted by molar-refractivity contribution is 7.26. The van der Waals surface area contributed by atoms with E-state index in [0.717, 1.165) is 60.0 Å². The van der Waals surface area contributed by atoms with Crippen molar-refractivity contribution in [3.8, 4) is 56.7 Å². The molecule has 0 atom stereocenters. The summed E-state index contributed by atoms with van der Waals surface area (Å²) in [6.45, 7) is 0. The number of benzene rings is 7. The second-order valence-corrected chi connectivity index (χ2v) is 13.3. The van der Waals surface area contributed by atoms with Crippen LogP contribution in [0.25, 0.3) is 98.8 Å². The Morgan fingerprint density at radius 3 is 1.68 bits per heavy atom. The zero-order valence-electron chi connectivity index (χ0n) is 26.6. The van der Waals surface area contributed by atoms with Crippen LogP contribution in [0.1, 0.15) is 0 Å². The van der Waals surface area contributed by atoms with Gasteiger partial charge >= 0.3 is 0 Å². The minimum Gasteiger partial charge on any atom is -0.436 e. The van der Waals surface area contributed by atoms with Gasteiger partial charge in [-0.25, -0.2) is 19.9 Å². The van der Waals surface area contributed by atoms with Gasteiger partial charge in [0.05, 0.1) is 0 Å². The second kappa shape index (κ2) is 11.6. The van der Waals surface area contributed by atoms with E-state index in [1.807, 2.05) is 91.0 Å². The third-order valence-electron chi connectivity index (χ3n) is 9.13. The Morgan fingerprint density at radius 1 is 0.440 bits per heavy atom. The molecule has 0 saturated carbocycles. The number of thiophene rings is 1. The van der Waals surface area contributed by atoms with Gasteiger partial charge < -0.3 is 4.42 Å². The van der Waals surface area contributed by atoms with Gasteiger partial charge in [0.2, 0.25) is 5.89 Å². The largest absolute Gasteiger partial charge is 0.436 e. The summed E-state index contributed by atoms with van der Waals surface area (Å²) in [5.74, 6) is 2.46. The summed E-state index contributed by atoms with van der Waals surface area (Å²) in [5.41, 5.74) is 7.37. The average Bonchev–Trinajstić information content (AvgIpc) is 3.79. The van der Waals surface area contributed by atoms with Gasteiger partial charge in [0.15, 0.2) is 23.1 Å². The summed E-state index contributed by atoms with van der Waals surface area (Å²) in [6, 6.07) is 53.9. The first-order valence-corrected chi connectivity index (χ1v) is 17.3. The van der Waals surface area contributed by atoms with Crippen LogP contribution in [0.5, 0.6) is 0 Å². The quantitative estimate of drug-likeness (QED) is 0.184. The van der Waals surface area contributed by atoms with Crippen molar-refractivity contribution in [2.24, 2.45) is 0 Å². The highest BCUT2D eigenvalue weighted by Gasteiger charge is 2.23. The van der Waals surface area contributed by atoms with Crippen molar-refractivity contribution < 1.29 is 4.42 Å². The number of oxazole rings is 1. The highest BCUT2D eigenvalue weighted by atomic mass is 32.1. The molecule has 0 aliphatic carbocycles. The van der Waals surface area contributed by atoms with E-state index in [0.29, 0.717) is 23.4 Å². The maximum absolute atomic E-state index is 6.54. The Hall–Kier alpha value is -6.50. The first-order chi connectivity index (χ1) is 24.8. The van der Waals surface area contributed by atoms with E-state index in [4.69, 9.17) is 24.4 Å². The molecular weight excluding hydrogens is 633 g/mol. The fraction of sp³-hybridized carbons (Fsp3) is 0. The molecule has 0 spiro atoms. The predicted molar refractivity (Wildman–Crippen MR) is 205 cm³/mol. The van der Waals surface area contributed by atoms with E-state index >= 15 is 0 Å². The minimum absolute atomic E-state index is 0.599. The fourth-order valence-corrected chi connectivity index (χ4v) is 7.96. The van der Waals surface area contributed by atoms with E-state index in [2.05, 4.69) is 66.7 Å². The third kappa shape index (κ3) is 4.77. The highest BCUT2D eigenvalue weighted by Crippen LogP contribution is 2.47. The average molecular weight is 659 g/mol. The van der Waals surface area contributed by atoms with E-state index in [1.54, 1.807) is 11.3 Å². The second-order valence-electron chi connectivity index (χ2n) is 12.2. The van der Waals surface area contributed by atoms with Gasteiger partial charge in [-0.3, -0.25) is 0 Å². The number of fused-ring (bicyclic) bond motifs is 5. The van der Waals surface area contributed by atoms with Crippen LogP contribution in [0.3, 0.4) is 0 Å². The summed E-state index contributed by atoms with van der Waals surface area (Å²) in [5, 5.41) is 4.56.